The van der Waals surface area contributed by atoms with Crippen molar-refractivity contribution in [1.82, 2.24) is 10.2 Å². The van der Waals surface area contributed by atoms with Crippen LogP contribution in [0.2, 0.25) is 0 Å². The van der Waals surface area contributed by atoms with Gasteiger partial charge in [0.2, 0.25) is 5.89 Å². The van der Waals surface area contributed by atoms with Crippen LogP contribution in [0.3, 0.4) is 0 Å². The Balaban J connectivity index is 1.73. The molecule has 0 saturated heterocycles. The van der Waals surface area contributed by atoms with Crippen LogP contribution in [0.15, 0.2) is 80.3 Å². The smallest absolute Gasteiger partial charge is 0.252 e. The molecule has 5 aromatic rings. The zero-order valence-corrected chi connectivity index (χ0v) is 13.9. The second kappa shape index (κ2) is 5.72. The predicted octanol–water partition coefficient (Wildman–Crippen LogP) is 5.88. The van der Waals surface area contributed by atoms with Crippen LogP contribution in [0.1, 0.15) is 0 Å². The molecule has 3 heterocycles. The second-order valence-electron chi connectivity index (χ2n) is 5.59. The lowest BCUT2D eigenvalue weighted by atomic mass is 10.1. The van der Waals surface area contributed by atoms with E-state index in [1.54, 1.807) is 11.3 Å². The molecular weight excluding hydrogens is 332 g/mol. The van der Waals surface area contributed by atoms with Crippen LogP contribution in [0.5, 0.6) is 0 Å². The molecule has 5 rings (SSSR count). The van der Waals surface area contributed by atoms with Gasteiger partial charge in [0, 0.05) is 21.9 Å². The maximum absolute atomic E-state index is 6.09. The zero-order chi connectivity index (χ0) is 16.6. The number of thiophene rings is 1. The van der Waals surface area contributed by atoms with Gasteiger partial charge in [-0.05, 0) is 29.6 Å². The Morgan fingerprint density at radius 2 is 1.52 bits per heavy atom. The van der Waals surface area contributed by atoms with Gasteiger partial charge in [-0.15, -0.1) is 10.2 Å². The number of hydrogen-bond donors (Lipinski definition) is 0. The van der Waals surface area contributed by atoms with Crippen molar-refractivity contribution in [2.24, 2.45) is 0 Å². The number of furan rings is 1. The average Bonchev–Trinajstić information content (AvgIpc) is 3.40. The third-order valence-electron chi connectivity index (χ3n) is 4.04. The first kappa shape index (κ1) is 14.2. The fourth-order valence-corrected chi connectivity index (χ4v) is 3.51. The molecular formula is C20H12N2O2S. The molecule has 0 spiro atoms. The van der Waals surface area contributed by atoms with E-state index >= 15 is 0 Å². The minimum absolute atomic E-state index is 0.463. The Labute approximate surface area is 147 Å². The van der Waals surface area contributed by atoms with Gasteiger partial charge >= 0.3 is 0 Å². The summed E-state index contributed by atoms with van der Waals surface area (Å²) in [5, 5.41) is 13.5. The number of benzene rings is 2. The molecule has 3 aromatic heterocycles. The van der Waals surface area contributed by atoms with Gasteiger partial charge in [-0.25, -0.2) is 0 Å². The minimum atomic E-state index is 0.463. The number of para-hydroxylation sites is 1. The minimum Gasteiger partial charge on any atom is -0.455 e. The van der Waals surface area contributed by atoms with Crippen molar-refractivity contribution >= 4 is 22.3 Å². The molecule has 2 aromatic carbocycles. The van der Waals surface area contributed by atoms with E-state index in [2.05, 4.69) is 15.6 Å². The van der Waals surface area contributed by atoms with Crippen LogP contribution in [0, 0.1) is 0 Å². The van der Waals surface area contributed by atoms with Crippen molar-refractivity contribution < 1.29 is 8.83 Å². The van der Waals surface area contributed by atoms with Crippen LogP contribution >= 0.6 is 11.3 Å². The quantitative estimate of drug-likeness (QED) is 0.410. The molecule has 0 saturated carbocycles. The molecule has 25 heavy (non-hydrogen) atoms. The van der Waals surface area contributed by atoms with Gasteiger partial charge in [-0.3, -0.25) is 0 Å². The zero-order valence-electron chi connectivity index (χ0n) is 13.0. The largest absolute Gasteiger partial charge is 0.455 e. The first-order chi connectivity index (χ1) is 12.4. The van der Waals surface area contributed by atoms with Crippen LogP contribution in [0.4, 0.5) is 0 Å². The number of rotatable bonds is 3. The summed E-state index contributed by atoms with van der Waals surface area (Å²) in [6.07, 6.45) is 0. The molecule has 120 valence electrons. The highest BCUT2D eigenvalue weighted by Gasteiger charge is 2.22. The van der Waals surface area contributed by atoms with E-state index < -0.39 is 0 Å². The van der Waals surface area contributed by atoms with Gasteiger partial charge in [0.15, 0.2) is 0 Å². The van der Waals surface area contributed by atoms with Gasteiger partial charge in [0.25, 0.3) is 5.89 Å². The highest BCUT2D eigenvalue weighted by molar-refractivity contribution is 7.08. The highest BCUT2D eigenvalue weighted by Crippen LogP contribution is 2.41. The van der Waals surface area contributed by atoms with E-state index in [1.807, 2.05) is 66.0 Å². The monoisotopic (exact) mass is 344 g/mol. The molecule has 4 nitrogen and oxygen atoms in total. The Morgan fingerprint density at radius 3 is 2.36 bits per heavy atom. The van der Waals surface area contributed by atoms with Crippen LogP contribution in [0.25, 0.3) is 45.2 Å². The van der Waals surface area contributed by atoms with E-state index in [0.29, 0.717) is 11.8 Å². The normalized spacial score (nSPS) is 11.2. The number of fused-ring (bicyclic) bond motifs is 1. The van der Waals surface area contributed by atoms with Crippen molar-refractivity contribution in [1.29, 1.82) is 0 Å². The standard InChI is InChI=1S/C20H12N2O2S/c1-2-6-13(7-3-1)19-21-22-20(24-19)17-15-8-4-5-9-16(15)23-18(17)14-10-11-25-12-14/h1-12H. The van der Waals surface area contributed by atoms with Crippen LogP contribution in [-0.2, 0) is 0 Å². The Hall–Kier alpha value is -3.18. The Kier molecular flexibility index (Phi) is 3.24. The van der Waals surface area contributed by atoms with Crippen molar-refractivity contribution in [2.45, 2.75) is 0 Å². The molecule has 0 fully saturated rings. The van der Waals surface area contributed by atoms with E-state index in [1.165, 1.54) is 0 Å². The molecule has 0 N–H and O–H groups in total. The first-order valence-corrected chi connectivity index (χ1v) is 8.78. The summed E-state index contributed by atoms with van der Waals surface area (Å²) < 4.78 is 12.1. The van der Waals surface area contributed by atoms with E-state index in [-0.39, 0.29) is 0 Å². The molecule has 0 unspecified atom stereocenters. The lowest BCUT2D eigenvalue weighted by Crippen LogP contribution is -1.79. The third-order valence-corrected chi connectivity index (χ3v) is 4.72. The maximum atomic E-state index is 6.09. The van der Waals surface area contributed by atoms with Gasteiger partial charge in [0.1, 0.15) is 11.3 Å². The summed E-state index contributed by atoms with van der Waals surface area (Å²) in [5.74, 6) is 1.72. The van der Waals surface area contributed by atoms with Crippen molar-refractivity contribution in [2.75, 3.05) is 0 Å². The second-order valence-corrected chi connectivity index (χ2v) is 6.37. The molecule has 0 aliphatic heterocycles. The predicted molar refractivity (Wildman–Crippen MR) is 98.3 cm³/mol. The summed E-state index contributed by atoms with van der Waals surface area (Å²) in [6.45, 7) is 0. The molecule has 5 heteroatoms. The SMILES string of the molecule is c1ccc(-c2nnc(-c3c(-c4ccsc4)oc4ccccc34)o2)cc1. The molecule has 0 aliphatic rings. The van der Waals surface area contributed by atoms with Crippen molar-refractivity contribution in [3.63, 3.8) is 0 Å². The summed E-state index contributed by atoms with van der Waals surface area (Å²) >= 11 is 1.62. The van der Waals surface area contributed by atoms with E-state index in [0.717, 1.165) is 33.4 Å². The topological polar surface area (TPSA) is 52.1 Å². The fraction of sp³-hybridized carbons (Fsp3) is 0. The summed E-state index contributed by atoms with van der Waals surface area (Å²) in [5.41, 5.74) is 3.55. The van der Waals surface area contributed by atoms with Crippen LogP contribution in [-0.4, -0.2) is 10.2 Å². The van der Waals surface area contributed by atoms with Gasteiger partial charge in [-0.1, -0.05) is 36.4 Å². The van der Waals surface area contributed by atoms with Crippen molar-refractivity contribution in [3.8, 4) is 34.2 Å². The first-order valence-electron chi connectivity index (χ1n) is 7.83. The van der Waals surface area contributed by atoms with Gasteiger partial charge in [0.05, 0.1) is 5.56 Å². The van der Waals surface area contributed by atoms with E-state index in [4.69, 9.17) is 8.83 Å². The molecule has 0 aliphatic carbocycles. The van der Waals surface area contributed by atoms with E-state index in [9.17, 15) is 0 Å². The molecule has 0 atom stereocenters. The maximum Gasteiger partial charge on any atom is 0.252 e. The Morgan fingerprint density at radius 1 is 0.720 bits per heavy atom. The average molecular weight is 344 g/mol. The lowest BCUT2D eigenvalue weighted by Gasteiger charge is -1.96. The Bertz CT molecular complexity index is 1140. The summed E-state index contributed by atoms with van der Waals surface area (Å²) in [6, 6.07) is 19.7. The summed E-state index contributed by atoms with van der Waals surface area (Å²) in [7, 11) is 0. The molecule has 0 bridgehead atoms. The van der Waals surface area contributed by atoms with Crippen LogP contribution < -0.4 is 0 Å². The lowest BCUT2D eigenvalue weighted by molar-refractivity contribution is 0.581. The highest BCUT2D eigenvalue weighted by atomic mass is 32.1. The number of hydrogen-bond acceptors (Lipinski definition) is 5. The number of nitrogens with zero attached hydrogens (tertiary/aromatic N) is 2. The fourth-order valence-electron chi connectivity index (χ4n) is 2.88. The number of aromatic nitrogens is 2. The molecule has 0 amide bonds. The van der Waals surface area contributed by atoms with Crippen molar-refractivity contribution in [3.05, 3.63) is 71.4 Å². The van der Waals surface area contributed by atoms with Gasteiger partial charge < -0.3 is 8.83 Å². The summed E-state index contributed by atoms with van der Waals surface area (Å²) in [4.78, 5) is 0. The third kappa shape index (κ3) is 2.37. The molecule has 0 radical (unpaired) electrons. The van der Waals surface area contributed by atoms with Gasteiger partial charge in [-0.2, -0.15) is 11.3 Å².